The van der Waals surface area contributed by atoms with Gasteiger partial charge in [-0.3, -0.25) is 0 Å². The molecule has 0 aliphatic heterocycles. The van der Waals surface area contributed by atoms with E-state index in [9.17, 15) is 0 Å². The second-order valence-electron chi connectivity index (χ2n) is 13.3. The van der Waals surface area contributed by atoms with Crippen molar-refractivity contribution < 1.29 is 4.42 Å². The Morgan fingerprint density at radius 1 is 0.347 bits per heavy atom. The Morgan fingerprint density at radius 3 is 2.00 bits per heavy atom. The van der Waals surface area contributed by atoms with Crippen LogP contribution in [-0.4, -0.2) is 9.13 Å². The maximum Gasteiger partial charge on any atom is 0.137 e. The lowest BCUT2D eigenvalue weighted by Gasteiger charge is -2.12. The summed E-state index contributed by atoms with van der Waals surface area (Å²) in [6, 6.07) is 57.5. The SMILES string of the molecule is c1ccc(-n2c3cc4oc5ccccc5c4cc3c3ccc4c(c5ccccc5n4-c4ccc5c(c4)-c4cccc6cccc-5c46)c32)cc1. The van der Waals surface area contributed by atoms with Gasteiger partial charge in [0, 0.05) is 49.8 Å². The van der Waals surface area contributed by atoms with E-state index >= 15 is 0 Å². The number of fused-ring (bicyclic) bond motifs is 13. The van der Waals surface area contributed by atoms with Gasteiger partial charge in [-0.25, -0.2) is 0 Å². The Kier molecular flexibility index (Phi) is 4.72. The van der Waals surface area contributed by atoms with Crippen molar-refractivity contribution >= 4 is 76.3 Å². The van der Waals surface area contributed by atoms with E-state index in [2.05, 4.69) is 161 Å². The fraction of sp³-hybridized carbons (Fsp3) is 0. The first-order valence-electron chi connectivity index (χ1n) is 16.9. The molecule has 12 rings (SSSR count). The minimum atomic E-state index is 0.904. The number of benzene rings is 8. The lowest BCUT2D eigenvalue weighted by Crippen LogP contribution is -1.95. The van der Waals surface area contributed by atoms with Crippen LogP contribution >= 0.6 is 0 Å². The molecule has 3 aromatic heterocycles. The van der Waals surface area contributed by atoms with Crippen LogP contribution in [0.2, 0.25) is 0 Å². The molecule has 0 unspecified atom stereocenters. The molecule has 0 saturated carbocycles. The summed E-state index contributed by atoms with van der Waals surface area (Å²) >= 11 is 0. The predicted molar refractivity (Wildman–Crippen MR) is 204 cm³/mol. The van der Waals surface area contributed by atoms with Crippen LogP contribution < -0.4 is 0 Å². The minimum Gasteiger partial charge on any atom is -0.456 e. The molecule has 0 fully saturated rings. The second kappa shape index (κ2) is 9.06. The van der Waals surface area contributed by atoms with Gasteiger partial charge in [-0.2, -0.15) is 0 Å². The number of aromatic nitrogens is 2. The van der Waals surface area contributed by atoms with Crippen LogP contribution in [0.1, 0.15) is 0 Å². The zero-order chi connectivity index (χ0) is 31.8. The van der Waals surface area contributed by atoms with Crippen molar-refractivity contribution in [1.82, 2.24) is 9.13 Å². The van der Waals surface area contributed by atoms with Crippen LogP contribution in [0.3, 0.4) is 0 Å². The molecule has 8 aromatic carbocycles. The molecule has 0 saturated heterocycles. The molecule has 11 aromatic rings. The minimum absolute atomic E-state index is 0.904. The van der Waals surface area contributed by atoms with Crippen LogP contribution in [0.25, 0.3) is 110 Å². The van der Waals surface area contributed by atoms with Gasteiger partial charge in [0.05, 0.1) is 22.1 Å². The summed E-state index contributed by atoms with van der Waals surface area (Å²) < 4.78 is 11.3. The van der Waals surface area contributed by atoms with E-state index in [1.54, 1.807) is 0 Å². The lowest BCUT2D eigenvalue weighted by molar-refractivity contribution is 0.669. The van der Waals surface area contributed by atoms with E-state index in [4.69, 9.17) is 4.42 Å². The van der Waals surface area contributed by atoms with E-state index in [0.717, 1.165) is 33.1 Å². The Hall–Kier alpha value is -6.58. The van der Waals surface area contributed by atoms with Gasteiger partial charge in [0.2, 0.25) is 0 Å². The maximum absolute atomic E-state index is 6.43. The summed E-state index contributed by atoms with van der Waals surface area (Å²) in [7, 11) is 0. The highest BCUT2D eigenvalue weighted by Gasteiger charge is 2.25. The molecule has 0 atom stereocenters. The highest BCUT2D eigenvalue weighted by atomic mass is 16.3. The van der Waals surface area contributed by atoms with Crippen molar-refractivity contribution in [2.24, 2.45) is 0 Å². The van der Waals surface area contributed by atoms with E-state index in [1.807, 2.05) is 6.07 Å². The predicted octanol–water partition coefficient (Wildman–Crippen LogP) is 12.6. The molecule has 226 valence electrons. The molecule has 1 aliphatic rings. The first-order chi connectivity index (χ1) is 24.3. The quantitative estimate of drug-likeness (QED) is 0.188. The third-order valence-corrected chi connectivity index (χ3v) is 10.8. The first kappa shape index (κ1) is 25.5. The highest BCUT2D eigenvalue weighted by Crippen LogP contribution is 2.49. The molecule has 0 amide bonds. The molecule has 49 heavy (non-hydrogen) atoms. The number of furan rings is 1. The van der Waals surface area contributed by atoms with Crippen molar-refractivity contribution in [3.63, 3.8) is 0 Å². The van der Waals surface area contributed by atoms with E-state index in [1.165, 1.54) is 76.8 Å². The number of hydrogen-bond acceptors (Lipinski definition) is 1. The Balaban J connectivity index is 1.22. The number of hydrogen-bond donors (Lipinski definition) is 0. The smallest absolute Gasteiger partial charge is 0.137 e. The largest absolute Gasteiger partial charge is 0.456 e. The van der Waals surface area contributed by atoms with Gasteiger partial charge >= 0.3 is 0 Å². The summed E-state index contributed by atoms with van der Waals surface area (Å²) in [5.74, 6) is 0. The highest BCUT2D eigenvalue weighted by molar-refractivity contribution is 6.28. The summed E-state index contributed by atoms with van der Waals surface area (Å²) in [6.45, 7) is 0. The fourth-order valence-electron chi connectivity index (χ4n) is 8.82. The molecular formula is C46H26N2O. The van der Waals surface area contributed by atoms with Crippen LogP contribution in [0.15, 0.2) is 162 Å². The van der Waals surface area contributed by atoms with Gasteiger partial charge in [0.1, 0.15) is 11.2 Å². The summed E-state index contributed by atoms with van der Waals surface area (Å²) in [4.78, 5) is 0. The first-order valence-corrected chi connectivity index (χ1v) is 16.9. The van der Waals surface area contributed by atoms with Crippen LogP contribution in [0.5, 0.6) is 0 Å². The standard InChI is InChI=1S/C46H26N2O/c1-2-12-28(13-3-1)48-41-26-43-38(31-14-5-7-19-42(31)49-43)25-37(41)34-22-23-40-45(46(34)48)35-15-4-6-18-39(35)47(40)29-20-21-30-32-16-8-10-27-11-9-17-33(44(27)32)36(30)24-29/h1-26H. The monoisotopic (exact) mass is 622 g/mol. The average molecular weight is 623 g/mol. The maximum atomic E-state index is 6.43. The average Bonchev–Trinajstić information content (AvgIpc) is 3.88. The molecule has 0 bridgehead atoms. The Labute approximate surface area is 280 Å². The summed E-state index contributed by atoms with van der Waals surface area (Å²) in [6.07, 6.45) is 0. The van der Waals surface area contributed by atoms with Crippen molar-refractivity contribution in [2.45, 2.75) is 0 Å². The van der Waals surface area contributed by atoms with Gasteiger partial charge in [0.15, 0.2) is 0 Å². The van der Waals surface area contributed by atoms with Crippen LogP contribution in [-0.2, 0) is 0 Å². The molecule has 0 N–H and O–H groups in total. The van der Waals surface area contributed by atoms with Crippen molar-refractivity contribution in [3.8, 4) is 33.6 Å². The van der Waals surface area contributed by atoms with Crippen molar-refractivity contribution in [2.75, 3.05) is 0 Å². The molecular weight excluding hydrogens is 597 g/mol. The van der Waals surface area contributed by atoms with Crippen LogP contribution in [0.4, 0.5) is 0 Å². The number of rotatable bonds is 2. The van der Waals surface area contributed by atoms with Crippen molar-refractivity contribution in [3.05, 3.63) is 158 Å². The Bertz CT molecular complexity index is 3200. The molecule has 3 heterocycles. The van der Waals surface area contributed by atoms with Gasteiger partial charge in [-0.05, 0) is 81.6 Å². The second-order valence-corrected chi connectivity index (χ2v) is 13.3. The lowest BCUT2D eigenvalue weighted by atomic mass is 10.0. The molecule has 0 radical (unpaired) electrons. The van der Waals surface area contributed by atoms with E-state index in [0.29, 0.717) is 0 Å². The van der Waals surface area contributed by atoms with Gasteiger partial charge in [0.25, 0.3) is 0 Å². The van der Waals surface area contributed by atoms with Gasteiger partial charge < -0.3 is 13.6 Å². The fourth-order valence-corrected chi connectivity index (χ4v) is 8.82. The normalized spacial score (nSPS) is 12.5. The zero-order valence-corrected chi connectivity index (χ0v) is 26.3. The van der Waals surface area contributed by atoms with E-state index in [-0.39, 0.29) is 0 Å². The summed E-state index contributed by atoms with van der Waals surface area (Å²) in [5, 5.41) is 9.88. The van der Waals surface area contributed by atoms with E-state index < -0.39 is 0 Å². The Morgan fingerprint density at radius 2 is 1.12 bits per heavy atom. The summed E-state index contributed by atoms with van der Waals surface area (Å²) in [5.41, 5.74) is 14.1. The van der Waals surface area contributed by atoms with Crippen molar-refractivity contribution in [1.29, 1.82) is 0 Å². The zero-order valence-electron chi connectivity index (χ0n) is 26.3. The number of nitrogens with zero attached hydrogens (tertiary/aromatic N) is 2. The molecule has 1 aliphatic carbocycles. The number of para-hydroxylation sites is 3. The third kappa shape index (κ3) is 3.22. The van der Waals surface area contributed by atoms with Gasteiger partial charge in [-0.1, -0.05) is 103 Å². The van der Waals surface area contributed by atoms with Crippen LogP contribution in [0, 0.1) is 0 Å². The molecule has 3 heteroatoms. The molecule has 3 nitrogen and oxygen atoms in total. The topological polar surface area (TPSA) is 23.0 Å². The molecule has 0 spiro atoms. The third-order valence-electron chi connectivity index (χ3n) is 10.8. The van der Waals surface area contributed by atoms with Gasteiger partial charge in [-0.15, -0.1) is 0 Å².